The van der Waals surface area contributed by atoms with Crippen molar-refractivity contribution in [1.29, 1.82) is 0 Å². The number of aryl methyl sites for hydroxylation is 1. The van der Waals surface area contributed by atoms with Gasteiger partial charge in [0.25, 0.3) is 0 Å². The minimum atomic E-state index is -2.98. The second-order valence-corrected chi connectivity index (χ2v) is 6.35. The van der Waals surface area contributed by atoms with E-state index in [1.165, 1.54) is 7.05 Å². The molecular weight excluding hydrogens is 332 g/mol. The number of fused-ring (bicyclic) bond motifs is 1. The van der Waals surface area contributed by atoms with Gasteiger partial charge in [-0.25, -0.2) is 0 Å². The molecule has 0 radical (unpaired) electrons. The number of benzene rings is 1. The summed E-state index contributed by atoms with van der Waals surface area (Å²) in [7, 11) is 1.26. The molecule has 6 heteroatoms. The quantitative estimate of drug-likeness (QED) is 0.797. The molecule has 1 unspecified atom stereocenters. The number of carbonyl (C=O) groups is 3. The summed E-state index contributed by atoms with van der Waals surface area (Å²) >= 11 is 0. The lowest BCUT2D eigenvalue weighted by atomic mass is 9.94. The van der Waals surface area contributed by atoms with Gasteiger partial charge in [0, 0.05) is 35.5 Å². The SMILES string of the molecule is [2H]C1([2H])Cc2ccccc2[C@H](NC(=O)[C@]([2H])(C)CC(=O)[C@@H](O)C([2H])(C)C([2H])([2H])[2H])C(=O)N1C. The molecule has 4 atom stereocenters. The number of Topliss-reactive ketones (excluding diaryl/α,β-unsaturated/α-hetero) is 1. The van der Waals surface area contributed by atoms with E-state index in [9.17, 15) is 19.5 Å². The number of nitrogens with one attached hydrogen (secondary N) is 1. The Kier molecular flexibility index (Phi) is 3.97. The van der Waals surface area contributed by atoms with Gasteiger partial charge in [-0.3, -0.25) is 14.4 Å². The lowest BCUT2D eigenvalue weighted by Crippen LogP contribution is -2.43. The normalized spacial score (nSPS) is 29.4. The third-order valence-corrected chi connectivity index (χ3v) is 4.27. The molecule has 0 bridgehead atoms. The van der Waals surface area contributed by atoms with Gasteiger partial charge in [-0.05, 0) is 23.4 Å². The van der Waals surface area contributed by atoms with E-state index in [4.69, 9.17) is 9.60 Å². The van der Waals surface area contributed by atoms with Crippen molar-refractivity contribution in [3.8, 4) is 0 Å². The minimum absolute atomic E-state index is 0.113. The molecule has 0 spiro atoms. The van der Waals surface area contributed by atoms with Crippen LogP contribution < -0.4 is 5.32 Å². The fourth-order valence-electron chi connectivity index (χ4n) is 2.66. The number of ketones is 1. The van der Waals surface area contributed by atoms with Gasteiger partial charge in [0.1, 0.15) is 12.1 Å². The molecule has 1 aliphatic rings. The van der Waals surface area contributed by atoms with Gasteiger partial charge in [0.05, 0.1) is 0 Å². The molecule has 26 heavy (non-hydrogen) atoms. The van der Waals surface area contributed by atoms with Crippen LogP contribution in [-0.2, 0) is 20.8 Å². The molecule has 0 aromatic heterocycles. The maximum atomic E-state index is 13.0. The summed E-state index contributed by atoms with van der Waals surface area (Å²) in [5.74, 6) is -7.71. The van der Waals surface area contributed by atoms with Gasteiger partial charge in [-0.2, -0.15) is 0 Å². The van der Waals surface area contributed by atoms with E-state index in [1.54, 1.807) is 24.3 Å². The monoisotopic (exact) mass is 367 g/mol. The number of rotatable bonds is 6. The first-order valence-corrected chi connectivity index (χ1v) is 8.20. The second-order valence-electron chi connectivity index (χ2n) is 6.35. The first-order valence-electron chi connectivity index (χ1n) is 11.7. The molecule has 2 N–H and O–H groups in total. The second kappa shape index (κ2) is 8.45. The number of nitrogens with zero attached hydrogens (tertiary/aromatic N) is 1. The van der Waals surface area contributed by atoms with E-state index < -0.39 is 61.3 Å². The predicted molar refractivity (Wildman–Crippen MR) is 98.3 cm³/mol. The van der Waals surface area contributed by atoms with Crippen LogP contribution in [0.3, 0.4) is 0 Å². The Morgan fingerprint density at radius 3 is 2.85 bits per heavy atom. The summed E-state index contributed by atoms with van der Waals surface area (Å²) in [5, 5.41) is 12.5. The maximum absolute atomic E-state index is 13.0. The highest BCUT2D eigenvalue weighted by Gasteiger charge is 2.32. The van der Waals surface area contributed by atoms with Crippen LogP contribution in [0.2, 0.25) is 0 Å². The van der Waals surface area contributed by atoms with Crippen LogP contribution in [0.4, 0.5) is 0 Å². The van der Waals surface area contributed by atoms with Crippen molar-refractivity contribution in [2.75, 3.05) is 13.5 Å². The molecule has 1 aromatic rings. The molecule has 1 aliphatic heterocycles. The Morgan fingerprint density at radius 1 is 1.46 bits per heavy atom. The number of aliphatic hydroxyl groups is 1. The Balaban J connectivity index is 2.29. The van der Waals surface area contributed by atoms with E-state index in [0.29, 0.717) is 11.1 Å². The highest BCUT2D eigenvalue weighted by atomic mass is 16.3. The van der Waals surface area contributed by atoms with Crippen molar-refractivity contribution in [1.82, 2.24) is 10.2 Å². The number of carbonyl (C=O) groups excluding carboxylic acids is 3. The Hall–Kier alpha value is -2.21. The molecule has 2 amide bonds. The fourth-order valence-corrected chi connectivity index (χ4v) is 2.66. The first kappa shape index (κ1) is 12.2. The molecule has 1 aromatic carbocycles. The van der Waals surface area contributed by atoms with Crippen molar-refractivity contribution >= 4 is 17.6 Å². The van der Waals surface area contributed by atoms with E-state index >= 15 is 0 Å². The average Bonchev–Trinajstić information content (AvgIpc) is 2.75. The molecule has 0 saturated heterocycles. The predicted octanol–water partition coefficient (Wildman–Crippen LogP) is 1.47. The fraction of sp³-hybridized carbons (Fsp3) is 0.550. The summed E-state index contributed by atoms with van der Waals surface area (Å²) in [5.41, 5.74) is 0.846. The lowest BCUT2D eigenvalue weighted by molar-refractivity contribution is -0.137. The molecule has 0 aliphatic carbocycles. The molecule has 0 saturated carbocycles. The van der Waals surface area contributed by atoms with Crippen LogP contribution in [-0.4, -0.2) is 47.3 Å². The van der Waals surface area contributed by atoms with Gasteiger partial charge < -0.3 is 15.3 Å². The van der Waals surface area contributed by atoms with Gasteiger partial charge in [0.2, 0.25) is 11.8 Å². The molecule has 6 nitrogen and oxygen atoms in total. The lowest BCUT2D eigenvalue weighted by Gasteiger charge is -2.24. The third-order valence-electron chi connectivity index (χ3n) is 4.27. The van der Waals surface area contributed by atoms with E-state index in [-0.39, 0.29) is 6.42 Å². The number of likely N-dealkylation sites (N-methyl/N-ethyl adjacent to an activating group) is 1. The summed E-state index contributed by atoms with van der Waals surface area (Å²) < 4.78 is 54.5. The smallest absolute Gasteiger partial charge is 0.249 e. The zero-order chi connectivity index (χ0) is 25.6. The zero-order valence-electron chi connectivity index (χ0n) is 22.0. The standard InChI is InChI=1S/C20H28N2O4/c1-12(2)18(24)16(23)11-13(3)19(25)21-17-15-8-6-5-7-14(15)9-10-22(4)20(17)26/h5-8,12-13,17-18,24H,9-11H2,1-4H3,(H,21,25)/t13-,17+,18+/m1/s1/i1D3,10D2,12D,13D/t12?,13-,17+,18+. The largest absolute Gasteiger partial charge is 0.385 e. The maximum Gasteiger partial charge on any atom is 0.249 e. The number of hydrogen-bond donors (Lipinski definition) is 2. The van der Waals surface area contributed by atoms with E-state index in [2.05, 4.69) is 5.32 Å². The zero-order valence-corrected chi connectivity index (χ0v) is 15.0. The van der Waals surface area contributed by atoms with Crippen LogP contribution in [0.15, 0.2) is 24.3 Å². The van der Waals surface area contributed by atoms with Gasteiger partial charge in [-0.15, -0.1) is 0 Å². The Bertz CT molecular complexity index is 947. The summed E-state index contributed by atoms with van der Waals surface area (Å²) in [6.07, 6.45) is -3.28. The van der Waals surface area contributed by atoms with Crippen molar-refractivity contribution in [2.45, 2.75) is 45.7 Å². The topological polar surface area (TPSA) is 86.7 Å². The first-order chi connectivity index (χ1) is 14.8. The van der Waals surface area contributed by atoms with Crippen LogP contribution in [0.5, 0.6) is 0 Å². The third kappa shape index (κ3) is 4.49. The number of aliphatic hydroxyl groups excluding tert-OH is 1. The van der Waals surface area contributed by atoms with E-state index in [0.717, 1.165) is 18.7 Å². The van der Waals surface area contributed by atoms with Crippen LogP contribution >= 0.6 is 0 Å². The Morgan fingerprint density at radius 2 is 2.15 bits per heavy atom. The number of hydrogen-bond acceptors (Lipinski definition) is 4. The van der Waals surface area contributed by atoms with E-state index in [1.807, 2.05) is 0 Å². The van der Waals surface area contributed by atoms with Crippen molar-refractivity contribution in [3.63, 3.8) is 0 Å². The average molecular weight is 367 g/mol. The van der Waals surface area contributed by atoms with Crippen LogP contribution in [0.1, 0.15) is 53.9 Å². The van der Waals surface area contributed by atoms with Crippen molar-refractivity contribution in [3.05, 3.63) is 35.4 Å². The molecule has 142 valence electrons. The molecule has 0 fully saturated rings. The molecule has 2 rings (SSSR count). The molecule has 1 heterocycles. The van der Waals surface area contributed by atoms with Gasteiger partial charge >= 0.3 is 0 Å². The highest BCUT2D eigenvalue weighted by Crippen LogP contribution is 2.25. The molecular formula is C20H28N2O4. The minimum Gasteiger partial charge on any atom is -0.385 e. The summed E-state index contributed by atoms with van der Waals surface area (Å²) in [4.78, 5) is 39.2. The van der Waals surface area contributed by atoms with Gasteiger partial charge in [0.15, 0.2) is 5.78 Å². The van der Waals surface area contributed by atoms with Crippen LogP contribution in [0, 0.1) is 11.8 Å². The number of amides is 2. The summed E-state index contributed by atoms with van der Waals surface area (Å²) in [6.45, 7) is -3.07. The highest BCUT2D eigenvalue weighted by molar-refractivity contribution is 5.92. The Labute approximate surface area is 164 Å². The van der Waals surface area contributed by atoms with Crippen molar-refractivity contribution in [2.24, 2.45) is 11.8 Å². The van der Waals surface area contributed by atoms with Crippen molar-refractivity contribution < 1.29 is 29.1 Å². The van der Waals surface area contributed by atoms with Gasteiger partial charge in [-0.1, -0.05) is 45.0 Å². The van der Waals surface area contributed by atoms with Crippen LogP contribution in [0.25, 0.3) is 0 Å². The summed E-state index contributed by atoms with van der Waals surface area (Å²) in [6, 6.07) is 5.16.